The summed E-state index contributed by atoms with van der Waals surface area (Å²) in [7, 11) is 0. The van der Waals surface area contributed by atoms with Crippen molar-refractivity contribution in [2.45, 2.75) is 96.8 Å². The van der Waals surface area contributed by atoms with Gasteiger partial charge in [0.1, 0.15) is 0 Å². The largest absolute Gasteiger partial charge is 1.00 e. The van der Waals surface area contributed by atoms with E-state index in [0.717, 1.165) is 6.54 Å². The van der Waals surface area contributed by atoms with E-state index in [9.17, 15) is 0 Å². The van der Waals surface area contributed by atoms with Gasteiger partial charge in [-0.15, -0.1) is 0 Å². The van der Waals surface area contributed by atoms with Gasteiger partial charge < -0.3 is 7.16 Å². The van der Waals surface area contributed by atoms with Crippen molar-refractivity contribution in [1.82, 2.24) is 0 Å². The maximum Gasteiger partial charge on any atom is 1.00 e. The van der Waals surface area contributed by atoms with Crippen LogP contribution in [0.3, 0.4) is 0 Å². The molecule has 0 amide bonds. The smallest absolute Gasteiger partial charge is 1.00 e. The Kier molecular flexibility index (Phi) is 25.4. The molecule has 0 aromatic carbocycles. The van der Waals surface area contributed by atoms with Crippen molar-refractivity contribution in [3.63, 3.8) is 0 Å². The van der Waals surface area contributed by atoms with Gasteiger partial charge in [0.15, 0.2) is 0 Å². The molecule has 0 spiro atoms. The van der Waals surface area contributed by atoms with Gasteiger partial charge in [-0.1, -0.05) is 90.4 Å². The maximum atomic E-state index is 5.47. The summed E-state index contributed by atoms with van der Waals surface area (Å²) >= 11 is 0. The van der Waals surface area contributed by atoms with Crippen LogP contribution in [0.5, 0.6) is 0 Å². The molecule has 1 nitrogen and oxygen atoms in total. The molecule has 0 rings (SSSR count). The summed E-state index contributed by atoms with van der Waals surface area (Å²) < 4.78 is 0. The first-order valence-electron chi connectivity index (χ1n) is 8.12. The summed E-state index contributed by atoms with van der Waals surface area (Å²) in [5.41, 5.74) is 5.47. The predicted octanol–water partition coefficient (Wildman–Crippen LogP) is 2.54. The van der Waals surface area contributed by atoms with Crippen LogP contribution < -0.4 is 57.1 Å². The summed E-state index contributed by atoms with van der Waals surface area (Å²) in [5.74, 6) is 0. The number of hydrogen-bond acceptors (Lipinski definition) is 1. The van der Waals surface area contributed by atoms with Crippen LogP contribution in [0.2, 0.25) is 0 Å². The fourth-order valence-electron chi connectivity index (χ4n) is 2.34. The van der Waals surface area contributed by atoms with Gasteiger partial charge in [0.05, 0.1) is 0 Å². The second-order valence-corrected chi connectivity index (χ2v) is 5.38. The van der Waals surface area contributed by atoms with Crippen molar-refractivity contribution < 1.29 is 52.8 Å². The minimum atomic E-state index is 0. The van der Waals surface area contributed by atoms with Crippen LogP contribution in [0, 0.1) is 0 Å². The molecule has 2 heteroatoms. The molecular formula is C16H36KN. The third-order valence-electron chi connectivity index (χ3n) is 3.56. The Bertz CT molecular complexity index is 120. The molecule has 0 aliphatic heterocycles. The van der Waals surface area contributed by atoms with Gasteiger partial charge in [-0.2, -0.15) is 0 Å². The molecule has 0 unspecified atom stereocenters. The number of rotatable bonds is 14. The molecule has 0 heterocycles. The topological polar surface area (TPSA) is 26.0 Å². The summed E-state index contributed by atoms with van der Waals surface area (Å²) in [6, 6.07) is 0. The standard InChI is InChI=1S/C16H35N.K.H/c1-2-3-4-5-6-7-8-9-10-11-12-13-14-15-16-17;;/h2-17H2,1H3;;/q;+1;-1. The molecule has 0 saturated heterocycles. The van der Waals surface area contributed by atoms with Crippen LogP contribution in [-0.4, -0.2) is 6.54 Å². The molecule has 0 saturated carbocycles. The first-order chi connectivity index (χ1) is 8.41. The molecule has 0 bridgehead atoms. The molecule has 0 aliphatic rings. The van der Waals surface area contributed by atoms with Crippen molar-refractivity contribution >= 4 is 0 Å². The molecule has 106 valence electrons. The van der Waals surface area contributed by atoms with Gasteiger partial charge in [-0.05, 0) is 13.0 Å². The van der Waals surface area contributed by atoms with Gasteiger partial charge in [0.25, 0.3) is 0 Å². The van der Waals surface area contributed by atoms with Gasteiger partial charge in [0, 0.05) is 0 Å². The average molecular weight is 282 g/mol. The minimum absolute atomic E-state index is 0. The van der Waals surface area contributed by atoms with Crippen LogP contribution >= 0.6 is 0 Å². The first kappa shape index (κ1) is 21.9. The van der Waals surface area contributed by atoms with E-state index in [-0.39, 0.29) is 52.8 Å². The molecule has 0 radical (unpaired) electrons. The second-order valence-electron chi connectivity index (χ2n) is 5.38. The zero-order chi connectivity index (χ0) is 12.6. The summed E-state index contributed by atoms with van der Waals surface area (Å²) in [4.78, 5) is 0. The third-order valence-corrected chi connectivity index (χ3v) is 3.56. The summed E-state index contributed by atoms with van der Waals surface area (Å²) in [5, 5.41) is 0. The van der Waals surface area contributed by atoms with Gasteiger partial charge in [0.2, 0.25) is 0 Å². The quantitative estimate of drug-likeness (QED) is 0.384. The molecular weight excluding hydrogens is 245 g/mol. The van der Waals surface area contributed by atoms with Crippen molar-refractivity contribution in [1.29, 1.82) is 0 Å². The fourth-order valence-corrected chi connectivity index (χ4v) is 2.34. The fraction of sp³-hybridized carbons (Fsp3) is 1.00. The monoisotopic (exact) mass is 281 g/mol. The zero-order valence-electron chi connectivity index (χ0n) is 14.2. The van der Waals surface area contributed by atoms with Crippen molar-refractivity contribution in [2.75, 3.05) is 6.54 Å². The third kappa shape index (κ3) is 19.9. The van der Waals surface area contributed by atoms with Gasteiger partial charge in [-0.25, -0.2) is 0 Å². The van der Waals surface area contributed by atoms with E-state index in [4.69, 9.17) is 5.73 Å². The summed E-state index contributed by atoms with van der Waals surface area (Å²) in [6.07, 6.45) is 19.9. The molecule has 0 aromatic rings. The average Bonchev–Trinajstić information content (AvgIpc) is 2.35. The van der Waals surface area contributed by atoms with Crippen LogP contribution in [-0.2, 0) is 0 Å². The molecule has 0 fully saturated rings. The van der Waals surface area contributed by atoms with E-state index in [1.807, 2.05) is 0 Å². The Balaban J connectivity index is -0.00000128. The number of unbranched alkanes of at least 4 members (excludes halogenated alkanes) is 13. The van der Waals surface area contributed by atoms with E-state index in [1.165, 1.54) is 89.9 Å². The Labute approximate surface area is 160 Å². The van der Waals surface area contributed by atoms with E-state index in [1.54, 1.807) is 0 Å². The Morgan fingerprint density at radius 1 is 0.556 bits per heavy atom. The van der Waals surface area contributed by atoms with Gasteiger partial charge >= 0.3 is 51.4 Å². The molecule has 0 aromatic heterocycles. The van der Waals surface area contributed by atoms with Crippen LogP contribution in [0.25, 0.3) is 0 Å². The maximum absolute atomic E-state index is 5.47. The second kappa shape index (κ2) is 20.9. The van der Waals surface area contributed by atoms with Crippen LogP contribution in [0.1, 0.15) is 98.2 Å². The Hall–Kier alpha value is 1.60. The molecule has 0 aliphatic carbocycles. The van der Waals surface area contributed by atoms with Crippen LogP contribution in [0.4, 0.5) is 0 Å². The summed E-state index contributed by atoms with van der Waals surface area (Å²) in [6.45, 7) is 3.16. The zero-order valence-corrected chi connectivity index (χ0v) is 16.3. The van der Waals surface area contributed by atoms with E-state index in [0.29, 0.717) is 0 Å². The molecule has 0 atom stereocenters. The number of hydrogen-bond donors (Lipinski definition) is 1. The van der Waals surface area contributed by atoms with E-state index in [2.05, 4.69) is 6.92 Å². The van der Waals surface area contributed by atoms with Crippen molar-refractivity contribution in [2.24, 2.45) is 5.73 Å². The number of nitrogens with two attached hydrogens (primary N) is 1. The van der Waals surface area contributed by atoms with E-state index >= 15 is 0 Å². The Morgan fingerprint density at radius 3 is 1.11 bits per heavy atom. The predicted molar refractivity (Wildman–Crippen MR) is 80.5 cm³/mol. The normalized spacial score (nSPS) is 10.3. The van der Waals surface area contributed by atoms with Gasteiger partial charge in [-0.3, -0.25) is 0 Å². The van der Waals surface area contributed by atoms with Crippen molar-refractivity contribution in [3.8, 4) is 0 Å². The van der Waals surface area contributed by atoms with Crippen molar-refractivity contribution in [3.05, 3.63) is 0 Å². The first-order valence-corrected chi connectivity index (χ1v) is 8.12. The minimum Gasteiger partial charge on any atom is -1.00 e. The molecule has 2 N–H and O–H groups in total. The SMILES string of the molecule is CCCCCCCCCCCCCCCCN.[H-].[K+]. The molecule has 18 heavy (non-hydrogen) atoms. The van der Waals surface area contributed by atoms with E-state index < -0.39 is 0 Å². The Morgan fingerprint density at radius 2 is 0.833 bits per heavy atom. The van der Waals surface area contributed by atoms with Crippen LogP contribution in [0.15, 0.2) is 0 Å².